The van der Waals surface area contributed by atoms with E-state index in [2.05, 4.69) is 16.3 Å². The summed E-state index contributed by atoms with van der Waals surface area (Å²) >= 11 is 0. The van der Waals surface area contributed by atoms with Gasteiger partial charge in [-0.1, -0.05) is 11.3 Å². The van der Waals surface area contributed by atoms with Gasteiger partial charge < -0.3 is 0 Å². The van der Waals surface area contributed by atoms with E-state index in [1.807, 2.05) is 0 Å². The fraction of sp³-hybridized carbons (Fsp3) is 0.600. The van der Waals surface area contributed by atoms with Crippen LogP contribution in [0.1, 0.15) is 0 Å². The highest BCUT2D eigenvalue weighted by Crippen LogP contribution is 1.85. The summed E-state index contributed by atoms with van der Waals surface area (Å²) in [5, 5.41) is 1.31. The third-order valence-electron chi connectivity index (χ3n) is 0.685. The first kappa shape index (κ1) is 7.62. The van der Waals surface area contributed by atoms with E-state index >= 15 is 0 Å². The molecule has 0 spiro atoms. The van der Waals surface area contributed by atoms with E-state index in [1.54, 1.807) is 6.08 Å². The smallest absolute Gasteiger partial charge is 0.0695 e. The van der Waals surface area contributed by atoms with Gasteiger partial charge in [-0.15, -0.1) is 6.58 Å². The molecule has 0 aliphatic heterocycles. The van der Waals surface area contributed by atoms with Gasteiger partial charge in [0.25, 0.3) is 0 Å². The molecule has 3 heteroatoms. The van der Waals surface area contributed by atoms with E-state index in [0.29, 0.717) is 6.54 Å². The van der Waals surface area contributed by atoms with Crippen molar-refractivity contribution < 1.29 is 9.68 Å². The van der Waals surface area contributed by atoms with Crippen LogP contribution in [0.2, 0.25) is 0 Å². The van der Waals surface area contributed by atoms with E-state index in [9.17, 15) is 0 Å². The summed E-state index contributed by atoms with van der Waals surface area (Å²) in [6.07, 6.45) is 1.69. The number of rotatable bonds is 4. The van der Waals surface area contributed by atoms with Crippen LogP contribution >= 0.6 is 0 Å². The summed E-state index contributed by atoms with van der Waals surface area (Å²) in [6.45, 7) is 4.07. The zero-order valence-corrected chi connectivity index (χ0v) is 5.26. The maximum Gasteiger partial charge on any atom is 0.0695 e. The molecule has 0 aromatic heterocycles. The monoisotopic (exact) mass is 117 g/mol. The maximum atomic E-state index is 4.68. The Balaban J connectivity index is 3.20. The quantitative estimate of drug-likeness (QED) is 0.397. The van der Waals surface area contributed by atoms with Crippen molar-refractivity contribution in [1.29, 1.82) is 0 Å². The maximum absolute atomic E-state index is 4.68. The van der Waals surface area contributed by atoms with E-state index in [1.165, 1.54) is 19.4 Å². The first-order valence-corrected chi connectivity index (χ1v) is 2.31. The van der Waals surface area contributed by atoms with Crippen LogP contribution in [0.15, 0.2) is 12.7 Å². The molecule has 0 aromatic carbocycles. The summed E-state index contributed by atoms with van der Waals surface area (Å²) in [7, 11) is 3.07. The lowest BCUT2D eigenvalue weighted by molar-refractivity contribution is -0.336. The molecule has 0 rings (SSSR count). The standard InChI is InChI=1S/C5H11NO2/c1-4-5-6(7-2)8-3/h4H,1,5H2,2-3H3. The molecule has 0 amide bonds. The zero-order chi connectivity index (χ0) is 6.41. The molecule has 0 atom stereocenters. The van der Waals surface area contributed by atoms with E-state index in [-0.39, 0.29) is 0 Å². The van der Waals surface area contributed by atoms with Gasteiger partial charge in [0.2, 0.25) is 0 Å². The molecular formula is C5H11NO2. The third kappa shape index (κ3) is 2.74. The van der Waals surface area contributed by atoms with Crippen molar-refractivity contribution in [2.75, 3.05) is 20.8 Å². The molecule has 48 valence electrons. The number of hydrogen-bond acceptors (Lipinski definition) is 3. The van der Waals surface area contributed by atoms with Crippen molar-refractivity contribution in [2.45, 2.75) is 0 Å². The van der Waals surface area contributed by atoms with Crippen LogP contribution in [-0.2, 0) is 9.68 Å². The normalized spacial score (nSPS) is 9.88. The Hall–Kier alpha value is -0.380. The largest absolute Gasteiger partial charge is 0.277 e. The number of hydroxylamine groups is 2. The highest BCUT2D eigenvalue weighted by atomic mass is 16.9. The molecule has 0 heterocycles. The lowest BCUT2D eigenvalue weighted by Gasteiger charge is -2.12. The SMILES string of the molecule is C=CCN(OC)OC. The molecule has 3 nitrogen and oxygen atoms in total. The second-order valence-corrected chi connectivity index (χ2v) is 1.17. The average molecular weight is 117 g/mol. The Morgan fingerprint density at radius 1 is 1.50 bits per heavy atom. The zero-order valence-electron chi connectivity index (χ0n) is 5.26. The first-order chi connectivity index (χ1) is 3.85. The summed E-state index contributed by atoms with van der Waals surface area (Å²) < 4.78 is 0. The molecular weight excluding hydrogens is 106 g/mol. The minimum atomic E-state index is 0.576. The van der Waals surface area contributed by atoms with Gasteiger partial charge in [-0.2, -0.15) is 0 Å². The molecule has 0 N–H and O–H groups in total. The molecule has 0 aromatic rings. The number of nitrogens with zero attached hydrogens (tertiary/aromatic N) is 1. The van der Waals surface area contributed by atoms with Crippen LogP contribution < -0.4 is 0 Å². The average Bonchev–Trinajstić information content (AvgIpc) is 1.83. The van der Waals surface area contributed by atoms with Gasteiger partial charge >= 0.3 is 0 Å². The van der Waals surface area contributed by atoms with E-state index in [0.717, 1.165) is 0 Å². The van der Waals surface area contributed by atoms with Crippen molar-refractivity contribution in [3.63, 3.8) is 0 Å². The van der Waals surface area contributed by atoms with Crippen LogP contribution in [0.4, 0.5) is 0 Å². The van der Waals surface area contributed by atoms with Crippen molar-refractivity contribution in [3.05, 3.63) is 12.7 Å². The van der Waals surface area contributed by atoms with Gasteiger partial charge in [-0.05, 0) is 0 Å². The summed E-state index contributed by atoms with van der Waals surface area (Å²) in [5.74, 6) is 0. The summed E-state index contributed by atoms with van der Waals surface area (Å²) in [6, 6.07) is 0. The van der Waals surface area contributed by atoms with Crippen molar-refractivity contribution in [1.82, 2.24) is 5.23 Å². The Kier molecular flexibility index (Phi) is 4.54. The third-order valence-corrected chi connectivity index (χ3v) is 0.685. The van der Waals surface area contributed by atoms with Gasteiger partial charge in [0.1, 0.15) is 0 Å². The van der Waals surface area contributed by atoms with Gasteiger partial charge in [-0.25, -0.2) is 0 Å². The summed E-state index contributed by atoms with van der Waals surface area (Å²) in [5.41, 5.74) is 0. The highest BCUT2D eigenvalue weighted by molar-refractivity contribution is 4.65. The van der Waals surface area contributed by atoms with Crippen LogP contribution in [0.5, 0.6) is 0 Å². The van der Waals surface area contributed by atoms with Crippen LogP contribution in [0.25, 0.3) is 0 Å². The van der Waals surface area contributed by atoms with Gasteiger partial charge in [0.05, 0.1) is 20.8 Å². The Labute approximate surface area is 49.4 Å². The van der Waals surface area contributed by atoms with E-state index in [4.69, 9.17) is 0 Å². The van der Waals surface area contributed by atoms with Crippen LogP contribution in [-0.4, -0.2) is 26.0 Å². The highest BCUT2D eigenvalue weighted by Gasteiger charge is 1.93. The molecule has 0 aliphatic rings. The minimum absolute atomic E-state index is 0.576. The lowest BCUT2D eigenvalue weighted by atomic mass is 10.7. The fourth-order valence-corrected chi connectivity index (χ4v) is 0.329. The number of hydrogen-bond donors (Lipinski definition) is 0. The minimum Gasteiger partial charge on any atom is -0.277 e. The predicted octanol–water partition coefficient (Wildman–Crippen LogP) is 0.597. The molecule has 0 unspecified atom stereocenters. The molecule has 0 aliphatic carbocycles. The lowest BCUT2D eigenvalue weighted by Crippen LogP contribution is -2.20. The van der Waals surface area contributed by atoms with Gasteiger partial charge in [0.15, 0.2) is 0 Å². The van der Waals surface area contributed by atoms with Crippen LogP contribution in [0, 0.1) is 0 Å². The second kappa shape index (κ2) is 4.77. The Morgan fingerprint density at radius 2 is 2.00 bits per heavy atom. The molecule has 0 bridgehead atoms. The fourth-order valence-electron chi connectivity index (χ4n) is 0.329. The second-order valence-electron chi connectivity index (χ2n) is 1.17. The topological polar surface area (TPSA) is 21.7 Å². The Morgan fingerprint density at radius 3 is 2.12 bits per heavy atom. The van der Waals surface area contributed by atoms with Crippen molar-refractivity contribution in [3.8, 4) is 0 Å². The van der Waals surface area contributed by atoms with Crippen LogP contribution in [0.3, 0.4) is 0 Å². The van der Waals surface area contributed by atoms with Crippen molar-refractivity contribution >= 4 is 0 Å². The summed E-state index contributed by atoms with van der Waals surface area (Å²) in [4.78, 5) is 9.36. The molecule has 0 saturated heterocycles. The van der Waals surface area contributed by atoms with Gasteiger partial charge in [0, 0.05) is 0 Å². The molecule has 0 fully saturated rings. The Bertz CT molecular complexity index is 61.4. The van der Waals surface area contributed by atoms with Gasteiger partial charge in [-0.3, -0.25) is 9.68 Å². The van der Waals surface area contributed by atoms with E-state index < -0.39 is 0 Å². The van der Waals surface area contributed by atoms with Crippen molar-refractivity contribution in [2.24, 2.45) is 0 Å². The molecule has 0 radical (unpaired) electrons. The molecule has 8 heavy (non-hydrogen) atoms. The molecule has 0 saturated carbocycles. The predicted molar refractivity (Wildman–Crippen MR) is 30.9 cm³/mol. The first-order valence-electron chi connectivity index (χ1n) is 2.31.